The number of nitrogens with one attached hydrogen (secondary N) is 2. The van der Waals surface area contributed by atoms with Gasteiger partial charge in [-0.1, -0.05) is 17.4 Å². The van der Waals surface area contributed by atoms with Crippen molar-refractivity contribution in [3.63, 3.8) is 0 Å². The monoisotopic (exact) mass is 460 g/mol. The normalized spacial score (nSPS) is 10.7. The van der Waals surface area contributed by atoms with Gasteiger partial charge in [-0.25, -0.2) is 4.79 Å². The highest BCUT2D eigenvalue weighted by Gasteiger charge is 2.14. The second-order valence-corrected chi connectivity index (χ2v) is 7.98. The van der Waals surface area contributed by atoms with Gasteiger partial charge in [0.2, 0.25) is 10.8 Å². The Labute approximate surface area is 186 Å². The number of carboxylic acid groups (broad SMARTS) is 1. The van der Waals surface area contributed by atoms with E-state index in [-0.39, 0.29) is 23.1 Å². The molecule has 0 unspecified atom stereocenters. The predicted octanol–water partition coefficient (Wildman–Crippen LogP) is 2.59. The molecule has 0 aliphatic rings. The van der Waals surface area contributed by atoms with Crippen LogP contribution in [0.4, 0.5) is 14.9 Å². The minimum Gasteiger partial charge on any atom is -0.465 e. The topological polar surface area (TPSA) is 139 Å². The largest absolute Gasteiger partial charge is 0.465 e. The van der Waals surface area contributed by atoms with Crippen LogP contribution in [0.5, 0.6) is 0 Å². The average molecular weight is 460 g/mol. The van der Waals surface area contributed by atoms with Crippen molar-refractivity contribution in [2.75, 3.05) is 5.32 Å². The summed E-state index contributed by atoms with van der Waals surface area (Å²) in [4.78, 5) is 39.0. The summed E-state index contributed by atoms with van der Waals surface area (Å²) in [5.74, 6) is -1.46. The van der Waals surface area contributed by atoms with Crippen LogP contribution < -0.4 is 16.2 Å². The summed E-state index contributed by atoms with van der Waals surface area (Å²) in [6.07, 6.45) is 3.37. The third-order valence-corrected chi connectivity index (χ3v) is 5.46. The lowest BCUT2D eigenvalue weighted by atomic mass is 10.2. The molecule has 3 aromatic rings. The maximum atomic E-state index is 13.9. The van der Waals surface area contributed by atoms with Crippen molar-refractivity contribution in [2.45, 2.75) is 39.3 Å². The van der Waals surface area contributed by atoms with Gasteiger partial charge in [-0.05, 0) is 37.5 Å². The van der Waals surface area contributed by atoms with Gasteiger partial charge in [0.1, 0.15) is 5.01 Å². The lowest BCUT2D eigenvalue weighted by Gasteiger charge is -2.08. The van der Waals surface area contributed by atoms with Crippen molar-refractivity contribution in [1.29, 1.82) is 0 Å². The number of aromatic nitrogens is 4. The SMILES string of the molecule is Cc1ccc(CNC(=O)c2nnc(CCCCn3ccc(NC(=O)O)c(F)c3=O)s2)cn1. The van der Waals surface area contributed by atoms with Crippen LogP contribution >= 0.6 is 11.3 Å². The maximum absolute atomic E-state index is 13.9. The summed E-state index contributed by atoms with van der Waals surface area (Å²) in [5, 5.41) is 22.1. The van der Waals surface area contributed by atoms with Crippen LogP contribution in [0.3, 0.4) is 0 Å². The molecule has 3 N–H and O–H groups in total. The Hall–Kier alpha value is -3.67. The van der Waals surface area contributed by atoms with Gasteiger partial charge in [0.05, 0.1) is 5.69 Å². The number of nitrogens with zero attached hydrogens (tertiary/aromatic N) is 4. The molecule has 0 spiro atoms. The van der Waals surface area contributed by atoms with Crippen molar-refractivity contribution < 1.29 is 19.1 Å². The number of unbranched alkanes of at least 4 members (excludes halogenated alkanes) is 1. The molecule has 3 rings (SSSR count). The summed E-state index contributed by atoms with van der Waals surface area (Å²) in [6, 6.07) is 4.96. The van der Waals surface area contributed by atoms with E-state index in [0.29, 0.717) is 30.8 Å². The summed E-state index contributed by atoms with van der Waals surface area (Å²) < 4.78 is 15.1. The maximum Gasteiger partial charge on any atom is 0.409 e. The van der Waals surface area contributed by atoms with E-state index in [1.165, 1.54) is 28.2 Å². The molecule has 0 atom stereocenters. The molecule has 168 valence electrons. The first-order valence-electron chi connectivity index (χ1n) is 9.74. The quantitative estimate of drug-likeness (QED) is 0.417. The molecule has 0 bridgehead atoms. The fourth-order valence-electron chi connectivity index (χ4n) is 2.80. The number of hydrogen-bond donors (Lipinski definition) is 3. The third-order valence-electron chi connectivity index (χ3n) is 4.47. The van der Waals surface area contributed by atoms with E-state index < -0.39 is 17.5 Å². The molecule has 32 heavy (non-hydrogen) atoms. The third kappa shape index (κ3) is 6.17. The van der Waals surface area contributed by atoms with Gasteiger partial charge in [-0.2, -0.15) is 4.39 Å². The average Bonchev–Trinajstić information content (AvgIpc) is 3.24. The van der Waals surface area contributed by atoms with E-state index in [4.69, 9.17) is 5.11 Å². The van der Waals surface area contributed by atoms with Crippen LogP contribution in [-0.4, -0.2) is 36.9 Å². The van der Waals surface area contributed by atoms with Crippen LogP contribution in [0.2, 0.25) is 0 Å². The lowest BCUT2D eigenvalue weighted by molar-refractivity contribution is 0.0949. The van der Waals surface area contributed by atoms with Crippen molar-refractivity contribution in [3.8, 4) is 0 Å². The number of amides is 2. The minimum absolute atomic E-state index is 0.264. The molecule has 0 fully saturated rings. The smallest absolute Gasteiger partial charge is 0.409 e. The molecule has 0 aliphatic carbocycles. The number of aryl methyl sites for hydroxylation is 3. The molecule has 2 amide bonds. The molecule has 0 saturated carbocycles. The van der Waals surface area contributed by atoms with Crippen LogP contribution in [0.1, 0.15) is 38.9 Å². The zero-order valence-corrected chi connectivity index (χ0v) is 18.0. The van der Waals surface area contributed by atoms with Crippen molar-refractivity contribution in [1.82, 2.24) is 25.1 Å². The summed E-state index contributed by atoms with van der Waals surface area (Å²) in [6.45, 7) is 2.49. The van der Waals surface area contributed by atoms with Gasteiger partial charge in [0.15, 0.2) is 0 Å². The Bertz CT molecular complexity index is 1160. The first-order chi connectivity index (χ1) is 15.3. The van der Waals surface area contributed by atoms with Crippen molar-refractivity contribution in [2.24, 2.45) is 0 Å². The minimum atomic E-state index is -1.45. The Balaban J connectivity index is 1.46. The van der Waals surface area contributed by atoms with Crippen molar-refractivity contribution in [3.05, 3.63) is 68.0 Å². The molecule has 0 aromatic carbocycles. The van der Waals surface area contributed by atoms with E-state index in [1.54, 1.807) is 6.20 Å². The second kappa shape index (κ2) is 10.6. The number of pyridine rings is 2. The fraction of sp³-hybridized carbons (Fsp3) is 0.300. The summed E-state index contributed by atoms with van der Waals surface area (Å²) in [5.41, 5.74) is 0.509. The Morgan fingerprint density at radius 1 is 1.22 bits per heavy atom. The van der Waals surface area contributed by atoms with Crippen LogP contribution in [0, 0.1) is 12.7 Å². The summed E-state index contributed by atoms with van der Waals surface area (Å²) in [7, 11) is 0. The highest BCUT2D eigenvalue weighted by atomic mass is 32.1. The number of carbonyl (C=O) groups is 2. The van der Waals surface area contributed by atoms with E-state index in [9.17, 15) is 18.8 Å². The second-order valence-electron chi connectivity index (χ2n) is 6.92. The van der Waals surface area contributed by atoms with E-state index in [2.05, 4.69) is 20.5 Å². The molecule has 0 aliphatic heterocycles. The number of anilines is 1. The van der Waals surface area contributed by atoms with Gasteiger partial charge in [-0.3, -0.25) is 19.9 Å². The number of hydrogen-bond acceptors (Lipinski definition) is 7. The highest BCUT2D eigenvalue weighted by Crippen LogP contribution is 2.14. The van der Waals surface area contributed by atoms with Gasteiger partial charge in [0, 0.05) is 37.6 Å². The lowest BCUT2D eigenvalue weighted by Crippen LogP contribution is -2.25. The first kappa shape index (κ1) is 23.0. The number of halogens is 1. The Kier molecular flexibility index (Phi) is 7.60. The van der Waals surface area contributed by atoms with E-state index in [0.717, 1.165) is 11.3 Å². The van der Waals surface area contributed by atoms with Crippen molar-refractivity contribution >= 4 is 29.0 Å². The molecule has 0 radical (unpaired) electrons. The van der Waals surface area contributed by atoms with Gasteiger partial charge in [0.25, 0.3) is 11.5 Å². The van der Waals surface area contributed by atoms with E-state index >= 15 is 0 Å². The zero-order valence-electron chi connectivity index (χ0n) is 17.2. The molecule has 10 nitrogen and oxygen atoms in total. The van der Waals surface area contributed by atoms with Crippen LogP contribution in [0.15, 0.2) is 35.4 Å². The van der Waals surface area contributed by atoms with E-state index in [1.807, 2.05) is 24.4 Å². The van der Waals surface area contributed by atoms with Gasteiger partial charge in [-0.15, -0.1) is 10.2 Å². The fourth-order valence-corrected chi connectivity index (χ4v) is 3.60. The molecule has 3 aromatic heterocycles. The first-order valence-corrected chi connectivity index (χ1v) is 10.6. The Morgan fingerprint density at radius 2 is 2.03 bits per heavy atom. The Morgan fingerprint density at radius 3 is 2.75 bits per heavy atom. The molecule has 3 heterocycles. The number of carbonyl (C=O) groups excluding carboxylic acids is 1. The summed E-state index contributed by atoms with van der Waals surface area (Å²) >= 11 is 1.20. The standard InChI is InChI=1S/C20H21FN6O4S/c1-12-5-6-13(10-22-12)11-23-17(28)18-26-25-15(32-18)4-2-3-8-27-9-7-14(24-20(30)31)16(21)19(27)29/h5-7,9-10,24H,2-4,8,11H2,1H3,(H,23,28)(H,30,31). The van der Waals surface area contributed by atoms with Gasteiger partial charge >= 0.3 is 6.09 Å². The van der Waals surface area contributed by atoms with Gasteiger partial charge < -0.3 is 15.0 Å². The predicted molar refractivity (Wildman–Crippen MR) is 115 cm³/mol. The molecule has 0 saturated heterocycles. The number of rotatable bonds is 9. The molecule has 12 heteroatoms. The zero-order chi connectivity index (χ0) is 23.1. The van der Waals surface area contributed by atoms with Crippen LogP contribution in [0.25, 0.3) is 0 Å². The molecular formula is C20H21FN6O4S. The molecular weight excluding hydrogens is 439 g/mol. The highest BCUT2D eigenvalue weighted by molar-refractivity contribution is 7.13. The van der Waals surface area contributed by atoms with Crippen LogP contribution in [-0.2, 0) is 19.5 Å².